The average molecular weight is 455 g/mol. The van der Waals surface area contributed by atoms with E-state index in [1.807, 2.05) is 60.7 Å². The quantitative estimate of drug-likeness (QED) is 0.624. The minimum absolute atomic E-state index is 0.289. The van der Waals surface area contributed by atoms with Crippen molar-refractivity contribution in [2.75, 3.05) is 0 Å². The number of aliphatic hydroxyl groups is 1. The Balaban J connectivity index is 1.55. The molecule has 0 bridgehead atoms. The molecule has 32 heavy (non-hydrogen) atoms. The molecule has 2 aromatic rings. The van der Waals surface area contributed by atoms with Crippen molar-refractivity contribution in [1.82, 2.24) is 9.80 Å². The molecular formula is C24H26N2O5S. The molecule has 0 aliphatic carbocycles. The molecule has 2 heterocycles. The van der Waals surface area contributed by atoms with E-state index < -0.39 is 46.0 Å². The van der Waals surface area contributed by atoms with Crippen LogP contribution in [0, 0.1) is 5.92 Å². The minimum atomic E-state index is -1.54. The van der Waals surface area contributed by atoms with Crippen molar-refractivity contribution in [1.29, 1.82) is 0 Å². The second kappa shape index (κ2) is 8.60. The van der Waals surface area contributed by atoms with E-state index in [1.54, 1.807) is 18.7 Å². The third-order valence-electron chi connectivity index (χ3n) is 6.05. The number of benzene rings is 2. The number of aliphatic hydroxyl groups excluding tert-OH is 1. The number of carbonyl (C=O) groups excluding carboxylic acids is 2. The second-order valence-corrected chi connectivity index (χ2v) is 10.5. The number of thioether (sulfide) groups is 1. The normalized spacial score (nSPS) is 24.4. The van der Waals surface area contributed by atoms with Gasteiger partial charge in [-0.15, -0.1) is 11.8 Å². The number of amides is 2. The molecule has 0 spiro atoms. The third-order valence-corrected chi connectivity index (χ3v) is 7.65. The van der Waals surface area contributed by atoms with E-state index in [0.717, 1.165) is 11.1 Å². The first-order chi connectivity index (χ1) is 15.2. The number of hydrogen-bond acceptors (Lipinski definition) is 5. The predicted molar refractivity (Wildman–Crippen MR) is 120 cm³/mol. The smallest absolute Gasteiger partial charge is 0.327 e. The van der Waals surface area contributed by atoms with E-state index in [2.05, 4.69) is 0 Å². The molecule has 0 radical (unpaired) electrons. The third kappa shape index (κ3) is 4.00. The Morgan fingerprint density at radius 1 is 1.03 bits per heavy atom. The molecule has 2 aliphatic rings. The van der Waals surface area contributed by atoms with Crippen LogP contribution in [0.5, 0.6) is 0 Å². The van der Waals surface area contributed by atoms with Crippen molar-refractivity contribution in [3.8, 4) is 0 Å². The second-order valence-electron chi connectivity index (χ2n) is 8.73. The number of carboxylic acids is 1. The summed E-state index contributed by atoms with van der Waals surface area (Å²) in [7, 11) is 0. The molecule has 2 fully saturated rings. The van der Waals surface area contributed by atoms with Crippen LogP contribution in [-0.2, 0) is 27.5 Å². The number of nitrogens with zero attached hydrogens (tertiary/aromatic N) is 2. The highest BCUT2D eigenvalue weighted by atomic mass is 32.2. The van der Waals surface area contributed by atoms with Gasteiger partial charge in [0.15, 0.2) is 0 Å². The summed E-state index contributed by atoms with van der Waals surface area (Å²) in [4.78, 5) is 40.8. The van der Waals surface area contributed by atoms with Gasteiger partial charge in [-0.3, -0.25) is 9.59 Å². The van der Waals surface area contributed by atoms with Crippen LogP contribution in [0.4, 0.5) is 0 Å². The van der Waals surface area contributed by atoms with E-state index in [4.69, 9.17) is 0 Å². The topological polar surface area (TPSA) is 98.2 Å². The number of carbonyl (C=O) groups is 3. The standard InChI is InChI=1S/C24H26N2O5S/c1-24(2)19(23(30)31)26-20(28)17(22(26)32-24)18(27)21(29)25(13-15-9-5-3-6-10-15)14-16-11-7-4-8-12-16/h3-12,17-19,22,27H,13-14H2,1-2H3,(H,30,31)/t17-,18+,19+,22-/m1/s1. The van der Waals surface area contributed by atoms with E-state index in [-0.39, 0.29) is 13.1 Å². The van der Waals surface area contributed by atoms with Crippen molar-refractivity contribution in [3.63, 3.8) is 0 Å². The molecule has 4 atom stereocenters. The fourth-order valence-electron chi connectivity index (χ4n) is 4.49. The van der Waals surface area contributed by atoms with Crippen LogP contribution in [0.2, 0.25) is 0 Å². The van der Waals surface area contributed by atoms with Gasteiger partial charge in [-0.25, -0.2) is 4.79 Å². The molecule has 8 heteroatoms. The lowest BCUT2D eigenvalue weighted by molar-refractivity contribution is -0.173. The molecule has 2 amide bonds. The van der Waals surface area contributed by atoms with Crippen LogP contribution in [0.25, 0.3) is 0 Å². The molecule has 2 N–H and O–H groups in total. The Labute approximate surface area is 191 Å². The lowest BCUT2D eigenvalue weighted by atomic mass is 9.87. The summed E-state index contributed by atoms with van der Waals surface area (Å²) >= 11 is 1.32. The summed E-state index contributed by atoms with van der Waals surface area (Å²) in [5, 5.41) is 20.0. The number of carboxylic acid groups (broad SMARTS) is 1. The van der Waals surface area contributed by atoms with Crippen LogP contribution in [0.1, 0.15) is 25.0 Å². The van der Waals surface area contributed by atoms with Crippen molar-refractivity contribution < 1.29 is 24.6 Å². The van der Waals surface area contributed by atoms with Gasteiger partial charge in [-0.2, -0.15) is 0 Å². The van der Waals surface area contributed by atoms with Crippen molar-refractivity contribution in [2.45, 2.75) is 49.2 Å². The fourth-order valence-corrected chi connectivity index (χ4v) is 6.21. The van der Waals surface area contributed by atoms with Gasteiger partial charge in [0.2, 0.25) is 5.91 Å². The molecular weight excluding hydrogens is 428 g/mol. The maximum atomic E-state index is 13.4. The van der Waals surface area contributed by atoms with Gasteiger partial charge < -0.3 is 20.0 Å². The lowest BCUT2D eigenvalue weighted by Gasteiger charge is -2.45. The minimum Gasteiger partial charge on any atom is -0.480 e. The maximum Gasteiger partial charge on any atom is 0.327 e. The first-order valence-electron chi connectivity index (χ1n) is 10.5. The summed E-state index contributed by atoms with van der Waals surface area (Å²) in [6, 6.07) is 17.9. The molecule has 4 rings (SSSR count). The lowest BCUT2D eigenvalue weighted by Crippen LogP contribution is -2.67. The zero-order chi connectivity index (χ0) is 23.0. The van der Waals surface area contributed by atoms with Gasteiger partial charge in [0.25, 0.3) is 5.91 Å². The number of aliphatic carboxylic acids is 1. The Morgan fingerprint density at radius 3 is 2.00 bits per heavy atom. The Hall–Kier alpha value is -2.84. The van der Waals surface area contributed by atoms with Gasteiger partial charge in [0, 0.05) is 17.8 Å². The van der Waals surface area contributed by atoms with Crippen LogP contribution < -0.4 is 0 Å². The Bertz CT molecular complexity index is 972. The van der Waals surface area contributed by atoms with Crippen LogP contribution in [-0.4, -0.2) is 60.1 Å². The van der Waals surface area contributed by atoms with E-state index >= 15 is 0 Å². The number of fused-ring (bicyclic) bond motifs is 1. The average Bonchev–Trinajstić information content (AvgIpc) is 3.01. The SMILES string of the molecule is CC1(C)S[C@@H]2[C@H]([C@H](O)C(=O)N(Cc3ccccc3)Cc3ccccc3)C(=O)N2[C@H]1C(=O)O. The summed E-state index contributed by atoms with van der Waals surface area (Å²) in [5.41, 5.74) is 1.82. The molecule has 2 saturated heterocycles. The number of β-lactam (4-membered cyclic amide) rings is 1. The van der Waals surface area contributed by atoms with Gasteiger partial charge in [-0.1, -0.05) is 60.7 Å². The molecule has 0 saturated carbocycles. The van der Waals surface area contributed by atoms with Gasteiger partial charge in [0.1, 0.15) is 18.1 Å². The van der Waals surface area contributed by atoms with Crippen molar-refractivity contribution in [2.24, 2.45) is 5.92 Å². The largest absolute Gasteiger partial charge is 0.480 e. The molecule has 2 aromatic carbocycles. The van der Waals surface area contributed by atoms with E-state index in [0.29, 0.717) is 0 Å². The van der Waals surface area contributed by atoms with Crippen LogP contribution in [0.15, 0.2) is 60.7 Å². The Morgan fingerprint density at radius 2 is 1.53 bits per heavy atom. The maximum absolute atomic E-state index is 13.4. The first-order valence-corrected chi connectivity index (χ1v) is 11.4. The predicted octanol–water partition coefficient (Wildman–Crippen LogP) is 2.34. The molecule has 2 aliphatic heterocycles. The summed E-state index contributed by atoms with van der Waals surface area (Å²) in [6.07, 6.45) is -1.54. The highest BCUT2D eigenvalue weighted by molar-refractivity contribution is 8.01. The first kappa shape index (κ1) is 22.4. The Kier molecular flexibility index (Phi) is 6.01. The zero-order valence-electron chi connectivity index (χ0n) is 17.9. The molecule has 0 aromatic heterocycles. The summed E-state index contributed by atoms with van der Waals surface area (Å²) in [5.74, 6) is -3.05. The van der Waals surface area contributed by atoms with Crippen LogP contribution in [0.3, 0.4) is 0 Å². The highest BCUT2D eigenvalue weighted by Crippen LogP contribution is 2.54. The fraction of sp³-hybridized carbons (Fsp3) is 0.375. The van der Waals surface area contributed by atoms with Crippen LogP contribution >= 0.6 is 11.8 Å². The molecule has 168 valence electrons. The molecule has 7 nitrogen and oxygen atoms in total. The monoisotopic (exact) mass is 454 g/mol. The summed E-state index contributed by atoms with van der Waals surface area (Å²) < 4.78 is -0.711. The van der Waals surface area contributed by atoms with E-state index in [1.165, 1.54) is 16.7 Å². The number of hydrogen-bond donors (Lipinski definition) is 2. The number of rotatable bonds is 7. The van der Waals surface area contributed by atoms with Gasteiger partial charge in [-0.05, 0) is 25.0 Å². The highest BCUT2D eigenvalue weighted by Gasteiger charge is 2.66. The summed E-state index contributed by atoms with van der Waals surface area (Å²) in [6.45, 7) is 4.11. The van der Waals surface area contributed by atoms with E-state index in [9.17, 15) is 24.6 Å². The zero-order valence-corrected chi connectivity index (χ0v) is 18.7. The van der Waals surface area contributed by atoms with Crippen molar-refractivity contribution in [3.05, 3.63) is 71.8 Å². The molecule has 0 unspecified atom stereocenters. The van der Waals surface area contributed by atoms with Gasteiger partial charge >= 0.3 is 5.97 Å². The van der Waals surface area contributed by atoms with Gasteiger partial charge in [0.05, 0.1) is 5.37 Å². The van der Waals surface area contributed by atoms with Crippen molar-refractivity contribution >= 4 is 29.5 Å².